The topological polar surface area (TPSA) is 16.4 Å². The van der Waals surface area contributed by atoms with Crippen LogP contribution in [0, 0.1) is 0 Å². The Morgan fingerprint density at radius 2 is 0.873 bits per heavy atom. The Morgan fingerprint density at radius 1 is 0.418 bits per heavy atom. The molecular formula is C53H37NO. The summed E-state index contributed by atoms with van der Waals surface area (Å²) in [5.41, 5.74) is 14.7. The van der Waals surface area contributed by atoms with E-state index in [-0.39, 0.29) is 5.41 Å². The van der Waals surface area contributed by atoms with Crippen molar-refractivity contribution >= 4 is 60.5 Å². The molecule has 0 fully saturated rings. The molecule has 2 heteroatoms. The number of rotatable bonds is 5. The van der Waals surface area contributed by atoms with Gasteiger partial charge in [-0.1, -0.05) is 166 Å². The Labute approximate surface area is 320 Å². The molecule has 260 valence electrons. The highest BCUT2D eigenvalue weighted by Gasteiger charge is 2.42. The molecule has 2 nitrogen and oxygen atoms in total. The van der Waals surface area contributed by atoms with E-state index in [1.165, 1.54) is 66.1 Å². The highest BCUT2D eigenvalue weighted by Crippen LogP contribution is 2.59. The minimum atomic E-state index is -0.309. The van der Waals surface area contributed by atoms with Crippen LogP contribution < -0.4 is 4.90 Å². The third-order valence-corrected chi connectivity index (χ3v) is 11.8. The molecule has 1 heterocycles. The van der Waals surface area contributed by atoms with Gasteiger partial charge in [0.1, 0.15) is 11.2 Å². The molecule has 1 aliphatic rings. The molecule has 0 radical (unpaired) electrons. The van der Waals surface area contributed by atoms with Gasteiger partial charge in [0.15, 0.2) is 0 Å². The molecule has 0 atom stereocenters. The van der Waals surface area contributed by atoms with Crippen molar-refractivity contribution in [3.05, 3.63) is 199 Å². The molecule has 1 aromatic heterocycles. The lowest BCUT2D eigenvalue weighted by Gasteiger charge is -2.29. The second-order valence-electron chi connectivity index (χ2n) is 15.2. The summed E-state index contributed by atoms with van der Waals surface area (Å²) in [4.78, 5) is 2.43. The molecule has 0 amide bonds. The fraction of sp³-hybridized carbons (Fsp3) is 0.0566. The van der Waals surface area contributed by atoms with Gasteiger partial charge in [0.25, 0.3) is 0 Å². The maximum absolute atomic E-state index is 7.10. The second-order valence-corrected chi connectivity index (χ2v) is 15.2. The van der Waals surface area contributed by atoms with E-state index in [9.17, 15) is 0 Å². The number of fused-ring (bicyclic) bond motifs is 12. The molecule has 0 saturated carbocycles. The predicted octanol–water partition coefficient (Wildman–Crippen LogP) is 15.0. The largest absolute Gasteiger partial charge is 0.455 e. The van der Waals surface area contributed by atoms with Gasteiger partial charge in [-0.25, -0.2) is 0 Å². The van der Waals surface area contributed by atoms with Gasteiger partial charge in [-0.2, -0.15) is 0 Å². The molecule has 0 N–H and O–H groups in total. The van der Waals surface area contributed by atoms with Gasteiger partial charge < -0.3 is 9.32 Å². The zero-order valence-electron chi connectivity index (χ0n) is 30.8. The molecule has 11 rings (SSSR count). The fourth-order valence-corrected chi connectivity index (χ4v) is 9.28. The van der Waals surface area contributed by atoms with Crippen LogP contribution in [-0.4, -0.2) is 0 Å². The summed E-state index contributed by atoms with van der Waals surface area (Å²) >= 11 is 0. The Bertz CT molecular complexity index is 3000. The quantitative estimate of drug-likeness (QED) is 0.166. The van der Waals surface area contributed by atoms with Crippen molar-refractivity contribution in [2.45, 2.75) is 19.3 Å². The normalized spacial score (nSPS) is 13.1. The summed E-state index contributed by atoms with van der Waals surface area (Å²) < 4.78 is 7.10. The average Bonchev–Trinajstić information content (AvgIpc) is 3.75. The monoisotopic (exact) mass is 703 g/mol. The summed E-state index contributed by atoms with van der Waals surface area (Å²) in [6.07, 6.45) is 0. The summed E-state index contributed by atoms with van der Waals surface area (Å²) in [6.45, 7) is 4.79. The van der Waals surface area contributed by atoms with Crippen LogP contribution in [0.3, 0.4) is 0 Å². The molecular weight excluding hydrogens is 667 g/mol. The molecule has 0 aliphatic heterocycles. The minimum Gasteiger partial charge on any atom is -0.455 e. The summed E-state index contributed by atoms with van der Waals surface area (Å²) in [5, 5.41) is 7.35. The number of hydrogen-bond donors (Lipinski definition) is 0. The number of hydrogen-bond acceptors (Lipinski definition) is 2. The molecule has 10 aromatic rings. The van der Waals surface area contributed by atoms with Gasteiger partial charge in [0.2, 0.25) is 0 Å². The first-order valence-electron chi connectivity index (χ1n) is 19.1. The van der Waals surface area contributed by atoms with E-state index < -0.39 is 0 Å². The standard InChI is InChI=1S/C53H37NO/c1-53(2)45-33-46(54(38-29-25-36(26-30-38)34-15-5-3-6-16-34)39-31-27-37(28-32-39)35-17-7-4-8-18-35)48-44-23-13-14-24-47(44)55-52(48)50(45)49-42-21-11-9-19-40(42)41-20-10-12-22-43(41)51(49)53/h3-33H,1-2H3. The third-order valence-electron chi connectivity index (χ3n) is 11.8. The SMILES string of the molecule is CC1(C)c2cc(N(c3ccc(-c4ccccc4)cc3)c3ccc(-c4ccccc4)cc3)c3c(oc4ccccc43)c2-c2c1c1ccccc1c1ccccc21. The van der Waals surface area contributed by atoms with Gasteiger partial charge in [0, 0.05) is 27.7 Å². The Hall–Kier alpha value is -6.90. The van der Waals surface area contributed by atoms with E-state index in [1.54, 1.807) is 0 Å². The number of benzene rings is 9. The zero-order chi connectivity index (χ0) is 36.7. The molecule has 9 aromatic carbocycles. The number of furan rings is 1. The predicted molar refractivity (Wildman–Crippen MR) is 232 cm³/mol. The van der Waals surface area contributed by atoms with Crippen LogP contribution in [0.25, 0.3) is 76.9 Å². The van der Waals surface area contributed by atoms with Crippen molar-refractivity contribution in [2.75, 3.05) is 4.90 Å². The van der Waals surface area contributed by atoms with Crippen molar-refractivity contribution < 1.29 is 4.42 Å². The van der Waals surface area contributed by atoms with Crippen molar-refractivity contribution in [3.63, 3.8) is 0 Å². The first kappa shape index (κ1) is 31.6. The van der Waals surface area contributed by atoms with Crippen LogP contribution in [-0.2, 0) is 5.41 Å². The number of anilines is 3. The van der Waals surface area contributed by atoms with Gasteiger partial charge in [0.05, 0.1) is 11.1 Å². The van der Waals surface area contributed by atoms with E-state index in [4.69, 9.17) is 4.42 Å². The minimum absolute atomic E-state index is 0.309. The first-order valence-corrected chi connectivity index (χ1v) is 19.1. The van der Waals surface area contributed by atoms with Crippen molar-refractivity contribution in [3.8, 4) is 33.4 Å². The molecule has 0 saturated heterocycles. The maximum Gasteiger partial charge on any atom is 0.145 e. The lowest BCUT2D eigenvalue weighted by Crippen LogP contribution is -2.17. The molecule has 0 spiro atoms. The highest BCUT2D eigenvalue weighted by molar-refractivity contribution is 6.25. The highest BCUT2D eigenvalue weighted by atomic mass is 16.3. The number of para-hydroxylation sites is 1. The van der Waals surface area contributed by atoms with Crippen LogP contribution in [0.1, 0.15) is 25.0 Å². The van der Waals surface area contributed by atoms with Gasteiger partial charge >= 0.3 is 0 Å². The second kappa shape index (κ2) is 12.1. The van der Waals surface area contributed by atoms with Gasteiger partial charge in [-0.05, 0) is 96.9 Å². The van der Waals surface area contributed by atoms with E-state index >= 15 is 0 Å². The van der Waals surface area contributed by atoms with Crippen LogP contribution in [0.5, 0.6) is 0 Å². The van der Waals surface area contributed by atoms with E-state index in [2.05, 4.69) is 207 Å². The summed E-state index contributed by atoms with van der Waals surface area (Å²) in [6, 6.07) is 68.0. The zero-order valence-corrected chi connectivity index (χ0v) is 30.8. The Balaban J connectivity index is 1.22. The van der Waals surface area contributed by atoms with Gasteiger partial charge in [-0.15, -0.1) is 0 Å². The number of nitrogens with zero attached hydrogens (tertiary/aromatic N) is 1. The Kier molecular flexibility index (Phi) is 6.93. The van der Waals surface area contributed by atoms with Crippen LogP contribution in [0.4, 0.5) is 17.1 Å². The van der Waals surface area contributed by atoms with Crippen LogP contribution in [0.2, 0.25) is 0 Å². The van der Waals surface area contributed by atoms with E-state index in [0.29, 0.717) is 0 Å². The smallest absolute Gasteiger partial charge is 0.145 e. The lowest BCUT2D eigenvalue weighted by molar-refractivity contribution is 0.657. The van der Waals surface area contributed by atoms with Crippen molar-refractivity contribution in [1.82, 2.24) is 0 Å². The molecule has 55 heavy (non-hydrogen) atoms. The maximum atomic E-state index is 7.10. The molecule has 1 aliphatic carbocycles. The molecule has 0 bridgehead atoms. The third kappa shape index (κ3) is 4.74. The van der Waals surface area contributed by atoms with Crippen molar-refractivity contribution in [2.24, 2.45) is 0 Å². The van der Waals surface area contributed by atoms with E-state index in [0.717, 1.165) is 39.0 Å². The van der Waals surface area contributed by atoms with Gasteiger partial charge in [-0.3, -0.25) is 0 Å². The lowest BCUT2D eigenvalue weighted by atomic mass is 9.79. The molecule has 0 unspecified atom stereocenters. The van der Waals surface area contributed by atoms with Crippen LogP contribution in [0.15, 0.2) is 192 Å². The summed E-state index contributed by atoms with van der Waals surface area (Å²) in [7, 11) is 0. The Morgan fingerprint density at radius 3 is 1.45 bits per heavy atom. The summed E-state index contributed by atoms with van der Waals surface area (Å²) in [5.74, 6) is 0. The van der Waals surface area contributed by atoms with E-state index in [1.807, 2.05) is 0 Å². The van der Waals surface area contributed by atoms with Crippen LogP contribution >= 0.6 is 0 Å². The average molecular weight is 704 g/mol. The first-order chi connectivity index (χ1) is 27.1. The van der Waals surface area contributed by atoms with Crippen molar-refractivity contribution in [1.29, 1.82) is 0 Å². The fourth-order valence-electron chi connectivity index (χ4n) is 9.28.